The number of aliphatic hydroxyl groups excluding tert-OH is 1. The molecule has 0 unspecified atom stereocenters. The monoisotopic (exact) mass is 438 g/mol. The van der Waals surface area contributed by atoms with E-state index in [1.807, 2.05) is 0 Å². The van der Waals surface area contributed by atoms with E-state index in [1.165, 1.54) is 0 Å². The fourth-order valence-corrected chi connectivity index (χ4v) is 4.83. The second-order valence-corrected chi connectivity index (χ2v) is 8.96. The molecule has 2 aliphatic rings. The van der Waals surface area contributed by atoms with Crippen LogP contribution in [0, 0.1) is 0 Å². The Bertz CT molecular complexity index is 1060. The summed E-state index contributed by atoms with van der Waals surface area (Å²) < 4.78 is 96.8. The number of nitrogens with one attached hydrogen (secondary N) is 1. The second-order valence-electron chi connectivity index (χ2n) is 7.05. The van der Waals surface area contributed by atoms with Gasteiger partial charge < -0.3 is 9.84 Å². The number of hydrogen-bond donors (Lipinski definition) is 2. The van der Waals surface area contributed by atoms with Crippen LogP contribution >= 0.6 is 0 Å². The number of rotatable bonds is 3. The number of aromatic nitrogens is 2. The standard InChI is InChI=1S/C17H15F5N2O4S/c18-16(19)6-9-10(28-11-3-1-2-8-7-23-24-14(8)11)4-5-12(13(9)15(16)25)29(26,27)17(20,21)22/h4-5,7,11,15,25H,1-3,6H2,(H,23,24)/t11-,15+/m1/s1. The predicted molar refractivity (Wildman–Crippen MR) is 88.2 cm³/mol. The maximum Gasteiger partial charge on any atom is 0.501 e. The molecule has 2 N–H and O–H groups in total. The molecule has 0 bridgehead atoms. The van der Waals surface area contributed by atoms with Gasteiger partial charge in [0.2, 0.25) is 0 Å². The Morgan fingerprint density at radius 2 is 2.00 bits per heavy atom. The van der Waals surface area contributed by atoms with Crippen molar-refractivity contribution in [2.45, 2.75) is 54.2 Å². The number of ether oxygens (including phenoxy) is 1. The molecule has 1 heterocycles. The van der Waals surface area contributed by atoms with Gasteiger partial charge in [0, 0.05) is 17.5 Å². The SMILES string of the molecule is O=S(=O)(c1ccc(O[C@@H]2CCCc3cn[nH]c32)c2c1[C@H](O)C(F)(F)C2)C(F)(F)F. The van der Waals surface area contributed by atoms with Crippen LogP contribution in [0.15, 0.2) is 23.2 Å². The molecule has 0 fully saturated rings. The summed E-state index contributed by atoms with van der Waals surface area (Å²) in [6.07, 6.45) is -0.869. The lowest BCUT2D eigenvalue weighted by molar-refractivity contribution is -0.0978. The first kappa shape index (κ1) is 20.1. The van der Waals surface area contributed by atoms with Crippen LogP contribution in [-0.2, 0) is 22.7 Å². The highest BCUT2D eigenvalue weighted by molar-refractivity contribution is 7.92. The number of aliphatic hydroxyl groups is 1. The Kier molecular flexibility index (Phi) is 4.43. The molecule has 2 aromatic rings. The van der Waals surface area contributed by atoms with Crippen LogP contribution in [0.5, 0.6) is 5.75 Å². The van der Waals surface area contributed by atoms with E-state index in [1.54, 1.807) is 6.20 Å². The molecular formula is C17H15F5N2O4S. The number of aryl methyl sites for hydroxylation is 1. The van der Waals surface area contributed by atoms with Crippen LogP contribution in [-0.4, -0.2) is 35.2 Å². The Labute approximate surface area is 161 Å². The highest BCUT2D eigenvalue weighted by atomic mass is 32.2. The number of halogens is 5. The van der Waals surface area contributed by atoms with Crippen molar-refractivity contribution >= 4 is 9.84 Å². The largest absolute Gasteiger partial charge is 0.501 e. The predicted octanol–water partition coefficient (Wildman–Crippen LogP) is 3.38. The summed E-state index contributed by atoms with van der Waals surface area (Å²) in [4.78, 5) is -1.39. The molecular weight excluding hydrogens is 423 g/mol. The maximum atomic E-state index is 14.1. The first-order valence-electron chi connectivity index (χ1n) is 8.65. The molecule has 1 aromatic carbocycles. The van der Waals surface area contributed by atoms with Gasteiger partial charge in [0.05, 0.1) is 16.8 Å². The van der Waals surface area contributed by atoms with Crippen molar-refractivity contribution in [3.8, 4) is 5.75 Å². The maximum absolute atomic E-state index is 14.1. The van der Waals surface area contributed by atoms with Gasteiger partial charge in [-0.25, -0.2) is 17.2 Å². The lowest BCUT2D eigenvalue weighted by atomic mass is 9.95. The van der Waals surface area contributed by atoms with Crippen LogP contribution in [0.4, 0.5) is 22.0 Å². The molecule has 0 amide bonds. The third kappa shape index (κ3) is 3.08. The highest BCUT2D eigenvalue weighted by Gasteiger charge is 2.55. The Hall–Kier alpha value is -2.21. The minimum absolute atomic E-state index is 0.190. The summed E-state index contributed by atoms with van der Waals surface area (Å²) in [5.74, 6) is -4.02. The van der Waals surface area contributed by atoms with Crippen LogP contribution in [0.25, 0.3) is 0 Å². The molecule has 12 heteroatoms. The van der Waals surface area contributed by atoms with Crippen molar-refractivity contribution < 1.29 is 40.2 Å². The number of fused-ring (bicyclic) bond motifs is 2. The molecule has 2 atom stereocenters. The smallest absolute Gasteiger partial charge is 0.484 e. The number of nitrogens with zero attached hydrogens (tertiary/aromatic N) is 1. The molecule has 1 aromatic heterocycles. The molecule has 2 aliphatic carbocycles. The number of benzene rings is 1. The van der Waals surface area contributed by atoms with E-state index in [0.717, 1.165) is 24.5 Å². The van der Waals surface area contributed by atoms with Crippen LogP contribution in [0.2, 0.25) is 0 Å². The fraction of sp³-hybridized carbons (Fsp3) is 0.471. The van der Waals surface area contributed by atoms with E-state index >= 15 is 0 Å². The summed E-state index contributed by atoms with van der Waals surface area (Å²) in [5.41, 5.74) is -5.61. The third-order valence-electron chi connectivity index (χ3n) is 5.21. The Morgan fingerprint density at radius 1 is 1.28 bits per heavy atom. The lowest BCUT2D eigenvalue weighted by Gasteiger charge is -2.25. The zero-order chi connectivity index (χ0) is 21.2. The molecule has 0 saturated heterocycles. The molecule has 6 nitrogen and oxygen atoms in total. The van der Waals surface area contributed by atoms with Gasteiger partial charge in [-0.05, 0) is 37.0 Å². The summed E-state index contributed by atoms with van der Waals surface area (Å²) >= 11 is 0. The number of aromatic amines is 1. The highest BCUT2D eigenvalue weighted by Crippen LogP contribution is 2.51. The lowest BCUT2D eigenvalue weighted by Crippen LogP contribution is -2.26. The van der Waals surface area contributed by atoms with E-state index in [0.29, 0.717) is 18.2 Å². The first-order chi connectivity index (χ1) is 13.4. The zero-order valence-electron chi connectivity index (χ0n) is 14.6. The van der Waals surface area contributed by atoms with Gasteiger partial charge in [0.25, 0.3) is 15.8 Å². The van der Waals surface area contributed by atoms with Gasteiger partial charge in [0.15, 0.2) is 0 Å². The summed E-state index contributed by atoms with van der Waals surface area (Å²) in [6.45, 7) is 0. The number of H-pyrrole nitrogens is 1. The van der Waals surface area contributed by atoms with Gasteiger partial charge >= 0.3 is 5.51 Å². The second kappa shape index (κ2) is 6.39. The summed E-state index contributed by atoms with van der Waals surface area (Å²) in [5, 5.41) is 16.6. The molecule has 4 rings (SSSR count). The molecule has 158 valence electrons. The Morgan fingerprint density at radius 3 is 2.69 bits per heavy atom. The van der Waals surface area contributed by atoms with E-state index in [4.69, 9.17) is 4.74 Å². The first-order valence-corrected chi connectivity index (χ1v) is 10.1. The number of sulfone groups is 1. The van der Waals surface area contributed by atoms with E-state index in [2.05, 4.69) is 10.2 Å². The van der Waals surface area contributed by atoms with Gasteiger partial charge in [-0.3, -0.25) is 5.10 Å². The van der Waals surface area contributed by atoms with E-state index < -0.39 is 55.9 Å². The van der Waals surface area contributed by atoms with Crippen molar-refractivity contribution in [3.63, 3.8) is 0 Å². The number of hydrogen-bond acceptors (Lipinski definition) is 5. The van der Waals surface area contributed by atoms with Crippen LogP contribution < -0.4 is 4.74 Å². The topological polar surface area (TPSA) is 92.3 Å². The van der Waals surface area contributed by atoms with Crippen molar-refractivity contribution in [2.24, 2.45) is 0 Å². The average Bonchev–Trinajstić information content (AvgIpc) is 3.18. The summed E-state index contributed by atoms with van der Waals surface area (Å²) in [7, 11) is -5.94. The normalized spacial score (nSPS) is 23.5. The van der Waals surface area contributed by atoms with Gasteiger partial charge in [-0.1, -0.05) is 0 Å². The molecule has 29 heavy (non-hydrogen) atoms. The third-order valence-corrected chi connectivity index (χ3v) is 6.75. The quantitative estimate of drug-likeness (QED) is 0.717. The van der Waals surface area contributed by atoms with Crippen molar-refractivity contribution in [2.75, 3.05) is 0 Å². The molecule has 0 spiro atoms. The van der Waals surface area contributed by atoms with Crippen molar-refractivity contribution in [1.82, 2.24) is 10.2 Å². The van der Waals surface area contributed by atoms with Crippen LogP contribution in [0.1, 0.15) is 47.4 Å². The average molecular weight is 438 g/mol. The zero-order valence-corrected chi connectivity index (χ0v) is 15.4. The minimum atomic E-state index is -5.94. The van der Waals surface area contributed by atoms with Crippen LogP contribution in [0.3, 0.4) is 0 Å². The molecule has 0 radical (unpaired) electrons. The van der Waals surface area contributed by atoms with Gasteiger partial charge in [0.1, 0.15) is 18.0 Å². The van der Waals surface area contributed by atoms with Gasteiger partial charge in [-0.15, -0.1) is 0 Å². The van der Waals surface area contributed by atoms with Gasteiger partial charge in [-0.2, -0.15) is 18.3 Å². The van der Waals surface area contributed by atoms with E-state index in [-0.39, 0.29) is 5.75 Å². The number of alkyl halides is 5. The summed E-state index contributed by atoms with van der Waals surface area (Å²) in [6, 6.07) is 1.48. The fourth-order valence-electron chi connectivity index (χ4n) is 3.81. The van der Waals surface area contributed by atoms with E-state index in [9.17, 15) is 35.5 Å². The van der Waals surface area contributed by atoms with Crippen molar-refractivity contribution in [1.29, 1.82) is 0 Å². The minimum Gasteiger partial charge on any atom is -0.484 e. The Balaban J connectivity index is 1.82. The molecule has 0 saturated carbocycles. The van der Waals surface area contributed by atoms with Crippen molar-refractivity contribution in [3.05, 3.63) is 40.7 Å². The molecule has 0 aliphatic heterocycles.